The van der Waals surface area contributed by atoms with Gasteiger partial charge in [-0.05, 0) is 37.1 Å². The molecular formula is C18H19N3O4. The fraction of sp³-hybridized carbons (Fsp3) is 0.333. The van der Waals surface area contributed by atoms with Crippen LogP contribution in [0.3, 0.4) is 0 Å². The summed E-state index contributed by atoms with van der Waals surface area (Å²) >= 11 is 0. The van der Waals surface area contributed by atoms with Gasteiger partial charge in [0.1, 0.15) is 6.10 Å². The highest BCUT2D eigenvalue weighted by Crippen LogP contribution is 2.32. The highest BCUT2D eigenvalue weighted by molar-refractivity contribution is 5.95. The molecule has 1 aliphatic heterocycles. The molecule has 7 nitrogen and oxygen atoms in total. The SMILES string of the molecule is O=C(NC1CC1)OC1CN(c2cccc(C(=O)O)c2-n2cccc2)C1. The largest absolute Gasteiger partial charge is 0.478 e. The van der Waals surface area contributed by atoms with Crippen molar-refractivity contribution in [3.05, 3.63) is 48.3 Å². The number of carboxylic acid groups (broad SMARTS) is 1. The molecule has 0 spiro atoms. The molecule has 2 fully saturated rings. The van der Waals surface area contributed by atoms with Crippen molar-refractivity contribution in [2.24, 2.45) is 0 Å². The van der Waals surface area contributed by atoms with E-state index in [1.54, 1.807) is 16.7 Å². The lowest BCUT2D eigenvalue weighted by Gasteiger charge is -2.41. The van der Waals surface area contributed by atoms with Crippen molar-refractivity contribution in [2.75, 3.05) is 18.0 Å². The van der Waals surface area contributed by atoms with Crippen LogP contribution in [-0.4, -0.2) is 47.0 Å². The first-order valence-corrected chi connectivity index (χ1v) is 8.33. The fourth-order valence-electron chi connectivity index (χ4n) is 3.00. The first-order valence-electron chi connectivity index (χ1n) is 8.33. The summed E-state index contributed by atoms with van der Waals surface area (Å²) in [6, 6.07) is 9.20. The molecule has 25 heavy (non-hydrogen) atoms. The summed E-state index contributed by atoms with van der Waals surface area (Å²) in [5.74, 6) is -0.970. The maximum Gasteiger partial charge on any atom is 0.407 e. The Hall–Kier alpha value is -2.96. The van der Waals surface area contributed by atoms with E-state index in [9.17, 15) is 14.7 Å². The van der Waals surface area contributed by atoms with Gasteiger partial charge in [-0.2, -0.15) is 0 Å². The zero-order valence-corrected chi connectivity index (χ0v) is 13.6. The fourth-order valence-corrected chi connectivity index (χ4v) is 3.00. The normalized spacial score (nSPS) is 17.0. The highest BCUT2D eigenvalue weighted by atomic mass is 16.6. The van der Waals surface area contributed by atoms with E-state index < -0.39 is 5.97 Å². The molecular weight excluding hydrogens is 322 g/mol. The smallest absolute Gasteiger partial charge is 0.407 e. The average molecular weight is 341 g/mol. The summed E-state index contributed by atoms with van der Waals surface area (Å²) in [5.41, 5.74) is 1.68. The van der Waals surface area contributed by atoms with Crippen molar-refractivity contribution < 1.29 is 19.4 Å². The number of carboxylic acids is 1. The van der Waals surface area contributed by atoms with Gasteiger partial charge in [-0.25, -0.2) is 9.59 Å². The topological polar surface area (TPSA) is 83.8 Å². The Morgan fingerprint density at radius 2 is 1.84 bits per heavy atom. The lowest BCUT2D eigenvalue weighted by Crippen LogP contribution is -2.54. The van der Waals surface area contributed by atoms with Gasteiger partial charge in [0.2, 0.25) is 0 Å². The van der Waals surface area contributed by atoms with E-state index >= 15 is 0 Å². The molecule has 0 bridgehead atoms. The monoisotopic (exact) mass is 341 g/mol. The number of rotatable bonds is 5. The summed E-state index contributed by atoms with van der Waals surface area (Å²) < 4.78 is 7.18. The molecule has 1 aromatic heterocycles. The van der Waals surface area contributed by atoms with Crippen LogP contribution in [0.5, 0.6) is 0 Å². The molecule has 1 saturated carbocycles. The van der Waals surface area contributed by atoms with Gasteiger partial charge in [0.25, 0.3) is 0 Å². The number of carbonyl (C=O) groups excluding carboxylic acids is 1. The first-order chi connectivity index (χ1) is 12.1. The molecule has 0 unspecified atom stereocenters. The molecule has 2 aliphatic rings. The third-order valence-corrected chi connectivity index (χ3v) is 4.47. The van der Waals surface area contributed by atoms with Gasteiger partial charge in [-0.3, -0.25) is 0 Å². The number of ether oxygens (including phenoxy) is 1. The molecule has 0 radical (unpaired) electrons. The number of hydrogen-bond donors (Lipinski definition) is 2. The Labute approximate surface area is 144 Å². The van der Waals surface area contributed by atoms with Crippen LogP contribution in [0.4, 0.5) is 10.5 Å². The number of alkyl carbamates (subject to hydrolysis) is 1. The van der Waals surface area contributed by atoms with Crippen LogP contribution >= 0.6 is 0 Å². The van der Waals surface area contributed by atoms with Crippen molar-refractivity contribution in [1.82, 2.24) is 9.88 Å². The number of carbonyl (C=O) groups is 2. The zero-order chi connectivity index (χ0) is 17.4. The van der Waals surface area contributed by atoms with Gasteiger partial charge in [-0.1, -0.05) is 6.07 Å². The van der Waals surface area contributed by atoms with E-state index in [2.05, 4.69) is 5.32 Å². The van der Waals surface area contributed by atoms with Crippen molar-refractivity contribution >= 4 is 17.7 Å². The molecule has 2 N–H and O–H groups in total. The number of nitrogens with zero attached hydrogens (tertiary/aromatic N) is 2. The molecule has 1 aliphatic carbocycles. The quantitative estimate of drug-likeness (QED) is 0.871. The number of benzene rings is 1. The third kappa shape index (κ3) is 3.17. The maximum atomic E-state index is 11.7. The Morgan fingerprint density at radius 3 is 2.48 bits per heavy atom. The van der Waals surface area contributed by atoms with E-state index in [4.69, 9.17) is 4.74 Å². The second kappa shape index (κ2) is 6.16. The number of aromatic carboxylic acids is 1. The number of anilines is 1. The minimum absolute atomic E-state index is 0.176. The maximum absolute atomic E-state index is 11.7. The van der Waals surface area contributed by atoms with Crippen LogP contribution in [0.1, 0.15) is 23.2 Å². The predicted molar refractivity (Wildman–Crippen MR) is 91.4 cm³/mol. The van der Waals surface area contributed by atoms with Crippen molar-refractivity contribution in [3.8, 4) is 5.69 Å². The molecule has 1 saturated heterocycles. The van der Waals surface area contributed by atoms with Crippen molar-refractivity contribution in [2.45, 2.75) is 25.0 Å². The molecule has 0 atom stereocenters. The van der Waals surface area contributed by atoms with Gasteiger partial charge in [0, 0.05) is 18.4 Å². The molecule has 7 heteroatoms. The molecule has 1 aromatic carbocycles. The molecule has 2 heterocycles. The first kappa shape index (κ1) is 15.6. The molecule has 130 valence electrons. The van der Waals surface area contributed by atoms with Crippen LogP contribution < -0.4 is 10.2 Å². The second-order valence-electron chi connectivity index (χ2n) is 6.42. The Balaban J connectivity index is 1.50. The summed E-state index contributed by atoms with van der Waals surface area (Å²) in [6.07, 6.45) is 5.15. The van der Waals surface area contributed by atoms with Gasteiger partial charge >= 0.3 is 12.1 Å². The van der Waals surface area contributed by atoms with Gasteiger partial charge in [0.05, 0.1) is 30.0 Å². The number of amides is 1. The Kier molecular flexibility index (Phi) is 3.83. The number of hydrogen-bond acceptors (Lipinski definition) is 4. The number of aromatic nitrogens is 1. The lowest BCUT2D eigenvalue weighted by atomic mass is 10.1. The van der Waals surface area contributed by atoms with Crippen LogP contribution in [0.25, 0.3) is 5.69 Å². The van der Waals surface area contributed by atoms with E-state index in [0.29, 0.717) is 18.8 Å². The van der Waals surface area contributed by atoms with Gasteiger partial charge in [0.15, 0.2) is 0 Å². The van der Waals surface area contributed by atoms with Crippen LogP contribution in [-0.2, 0) is 4.74 Å². The van der Waals surface area contributed by atoms with E-state index in [-0.39, 0.29) is 23.8 Å². The summed E-state index contributed by atoms with van der Waals surface area (Å²) in [6.45, 7) is 1.10. The average Bonchev–Trinajstić information content (AvgIpc) is 3.19. The lowest BCUT2D eigenvalue weighted by molar-refractivity contribution is 0.0697. The molecule has 4 rings (SSSR count). The van der Waals surface area contributed by atoms with E-state index in [1.807, 2.05) is 35.5 Å². The van der Waals surface area contributed by atoms with Crippen molar-refractivity contribution in [3.63, 3.8) is 0 Å². The van der Waals surface area contributed by atoms with E-state index in [0.717, 1.165) is 18.5 Å². The summed E-state index contributed by atoms with van der Waals surface area (Å²) in [7, 11) is 0. The number of para-hydroxylation sites is 1. The van der Waals surface area contributed by atoms with Crippen LogP contribution in [0, 0.1) is 0 Å². The molecule has 1 amide bonds. The third-order valence-electron chi connectivity index (χ3n) is 4.47. The summed E-state index contributed by atoms with van der Waals surface area (Å²) in [5, 5.41) is 12.3. The van der Waals surface area contributed by atoms with Crippen molar-refractivity contribution in [1.29, 1.82) is 0 Å². The minimum atomic E-state index is -0.970. The highest BCUT2D eigenvalue weighted by Gasteiger charge is 2.34. The van der Waals surface area contributed by atoms with Gasteiger partial charge in [-0.15, -0.1) is 0 Å². The Morgan fingerprint density at radius 1 is 1.12 bits per heavy atom. The minimum Gasteiger partial charge on any atom is -0.478 e. The molecule has 2 aromatic rings. The van der Waals surface area contributed by atoms with E-state index in [1.165, 1.54) is 0 Å². The van der Waals surface area contributed by atoms with Crippen LogP contribution in [0.2, 0.25) is 0 Å². The van der Waals surface area contributed by atoms with Crippen LogP contribution in [0.15, 0.2) is 42.7 Å². The zero-order valence-electron chi connectivity index (χ0n) is 13.6. The summed E-state index contributed by atoms with van der Waals surface area (Å²) in [4.78, 5) is 25.3. The predicted octanol–water partition coefficient (Wildman–Crippen LogP) is 2.25. The number of nitrogens with one attached hydrogen (secondary N) is 1. The second-order valence-corrected chi connectivity index (χ2v) is 6.42. The van der Waals surface area contributed by atoms with Gasteiger partial charge < -0.3 is 24.6 Å². The standard InChI is InChI=1S/C18H19N3O4/c22-17(23)14-4-3-5-15(16(14)20-8-1-2-9-20)21-10-13(11-21)25-18(24)19-12-6-7-12/h1-5,8-9,12-13H,6-7,10-11H2,(H,19,24)(H,22,23). The Bertz CT molecular complexity index is 793.